The van der Waals surface area contributed by atoms with E-state index in [9.17, 15) is 18.4 Å². The Morgan fingerprint density at radius 3 is 2.27 bits per heavy atom. The van der Waals surface area contributed by atoms with Crippen LogP contribution in [0.4, 0.5) is 8.78 Å². The highest BCUT2D eigenvalue weighted by atomic mass is 19.2. The molecule has 1 aromatic carbocycles. The van der Waals surface area contributed by atoms with E-state index in [-0.39, 0.29) is 23.3 Å². The normalized spacial score (nSPS) is 20.1. The van der Waals surface area contributed by atoms with E-state index in [4.69, 9.17) is 10.5 Å². The largest absolute Gasteiger partial charge is 0.381 e. The molecule has 0 bridgehead atoms. The Labute approximate surface area is 150 Å². The van der Waals surface area contributed by atoms with E-state index in [0.717, 1.165) is 25.0 Å². The maximum atomic E-state index is 13.3. The summed E-state index contributed by atoms with van der Waals surface area (Å²) in [6, 6.07) is 2.55. The van der Waals surface area contributed by atoms with E-state index in [1.54, 1.807) is 4.90 Å². The topological polar surface area (TPSA) is 75.9 Å². The first kappa shape index (κ1) is 18.7. The van der Waals surface area contributed by atoms with Crippen LogP contribution in [0.25, 0.3) is 0 Å². The molecule has 0 radical (unpaired) electrons. The smallest absolute Gasteiger partial charge is 0.254 e. The maximum Gasteiger partial charge on any atom is 0.254 e. The van der Waals surface area contributed by atoms with Crippen molar-refractivity contribution < 1.29 is 23.1 Å². The number of halogens is 2. The Morgan fingerprint density at radius 2 is 1.65 bits per heavy atom. The van der Waals surface area contributed by atoms with Gasteiger partial charge in [0.05, 0.1) is 6.04 Å². The highest BCUT2D eigenvalue weighted by molar-refractivity contribution is 5.94. The molecule has 0 spiro atoms. The Hall–Kier alpha value is -2.06. The van der Waals surface area contributed by atoms with Gasteiger partial charge < -0.3 is 20.3 Å². The Bertz CT molecular complexity index is 672. The fraction of sp³-hybridized carbons (Fsp3) is 0.556. The zero-order valence-corrected chi connectivity index (χ0v) is 14.5. The van der Waals surface area contributed by atoms with E-state index in [1.807, 2.05) is 0 Å². The van der Waals surface area contributed by atoms with Gasteiger partial charge in [-0.25, -0.2) is 8.78 Å². The first-order chi connectivity index (χ1) is 12.5. The fourth-order valence-electron chi connectivity index (χ4n) is 3.43. The predicted octanol–water partition coefficient (Wildman–Crippen LogP) is 1.00. The van der Waals surface area contributed by atoms with Crippen LogP contribution in [0.5, 0.6) is 0 Å². The number of nitrogens with two attached hydrogens (primary N) is 1. The van der Waals surface area contributed by atoms with Gasteiger partial charge in [-0.05, 0) is 37.0 Å². The highest BCUT2D eigenvalue weighted by Gasteiger charge is 2.32. The van der Waals surface area contributed by atoms with Gasteiger partial charge in [0.25, 0.3) is 5.91 Å². The minimum Gasteiger partial charge on any atom is -0.381 e. The van der Waals surface area contributed by atoms with Crippen molar-refractivity contribution in [2.75, 3.05) is 39.4 Å². The predicted molar refractivity (Wildman–Crippen MR) is 90.4 cm³/mol. The van der Waals surface area contributed by atoms with E-state index >= 15 is 0 Å². The molecule has 142 valence electrons. The maximum absolute atomic E-state index is 13.3. The lowest BCUT2D eigenvalue weighted by Crippen LogP contribution is -2.56. The molecule has 0 aliphatic carbocycles. The monoisotopic (exact) mass is 367 g/mol. The number of benzene rings is 1. The SMILES string of the molecule is NC(C(=O)N1CCN(C(=O)c2ccc(F)c(F)c2)CC1)C1CCOCC1. The van der Waals surface area contributed by atoms with Crippen LogP contribution in [-0.4, -0.2) is 67.0 Å². The summed E-state index contributed by atoms with van der Waals surface area (Å²) in [5.74, 6) is -2.38. The molecule has 1 unspecified atom stereocenters. The van der Waals surface area contributed by atoms with Crippen LogP contribution < -0.4 is 5.73 Å². The second-order valence-electron chi connectivity index (χ2n) is 6.72. The van der Waals surface area contributed by atoms with Gasteiger partial charge in [0.15, 0.2) is 11.6 Å². The van der Waals surface area contributed by atoms with Crippen molar-refractivity contribution in [3.63, 3.8) is 0 Å². The van der Waals surface area contributed by atoms with Gasteiger partial charge in [-0.15, -0.1) is 0 Å². The second kappa shape index (κ2) is 8.09. The number of amides is 2. The van der Waals surface area contributed by atoms with Crippen LogP contribution in [0.2, 0.25) is 0 Å². The molecule has 0 aromatic heterocycles. The van der Waals surface area contributed by atoms with Crippen LogP contribution in [0, 0.1) is 17.6 Å². The number of hydrogen-bond acceptors (Lipinski definition) is 4. The Morgan fingerprint density at radius 1 is 1.04 bits per heavy atom. The fourth-order valence-corrected chi connectivity index (χ4v) is 3.43. The zero-order chi connectivity index (χ0) is 18.7. The van der Waals surface area contributed by atoms with Crippen LogP contribution >= 0.6 is 0 Å². The molecular weight excluding hydrogens is 344 g/mol. The first-order valence-corrected chi connectivity index (χ1v) is 8.84. The van der Waals surface area contributed by atoms with Crippen LogP contribution in [-0.2, 0) is 9.53 Å². The second-order valence-corrected chi connectivity index (χ2v) is 6.72. The Kier molecular flexibility index (Phi) is 5.83. The number of carbonyl (C=O) groups is 2. The van der Waals surface area contributed by atoms with Crippen LogP contribution in [0.15, 0.2) is 18.2 Å². The van der Waals surface area contributed by atoms with Gasteiger partial charge in [0, 0.05) is 45.0 Å². The molecule has 26 heavy (non-hydrogen) atoms. The van der Waals surface area contributed by atoms with Gasteiger partial charge in [-0.1, -0.05) is 0 Å². The molecule has 0 saturated carbocycles. The molecule has 2 aliphatic heterocycles. The summed E-state index contributed by atoms with van der Waals surface area (Å²) in [5, 5.41) is 0. The van der Waals surface area contributed by atoms with Gasteiger partial charge >= 0.3 is 0 Å². The highest BCUT2D eigenvalue weighted by Crippen LogP contribution is 2.20. The van der Waals surface area contributed by atoms with Crippen molar-refractivity contribution in [3.8, 4) is 0 Å². The minimum absolute atomic E-state index is 0.0996. The van der Waals surface area contributed by atoms with Crippen LogP contribution in [0.3, 0.4) is 0 Å². The molecule has 2 heterocycles. The number of nitrogens with zero attached hydrogens (tertiary/aromatic N) is 2. The lowest BCUT2D eigenvalue weighted by molar-refractivity contribution is -0.136. The quantitative estimate of drug-likeness (QED) is 0.865. The molecule has 2 aliphatic rings. The van der Waals surface area contributed by atoms with Gasteiger partial charge in [0.1, 0.15) is 0 Å². The molecule has 2 N–H and O–H groups in total. The standard InChI is InChI=1S/C18H23F2N3O3/c19-14-2-1-13(11-15(14)20)17(24)22-5-7-23(8-6-22)18(25)16(21)12-3-9-26-10-4-12/h1-2,11-12,16H,3-10,21H2. The van der Waals surface area contributed by atoms with Crippen molar-refractivity contribution in [2.45, 2.75) is 18.9 Å². The van der Waals surface area contributed by atoms with Crippen molar-refractivity contribution in [2.24, 2.45) is 11.7 Å². The summed E-state index contributed by atoms with van der Waals surface area (Å²) in [6.07, 6.45) is 1.56. The van der Waals surface area contributed by atoms with Crippen molar-refractivity contribution in [1.82, 2.24) is 9.80 Å². The molecule has 1 atom stereocenters. The van der Waals surface area contributed by atoms with Crippen LogP contribution in [0.1, 0.15) is 23.2 Å². The number of carbonyl (C=O) groups excluding carboxylic acids is 2. The molecular formula is C18H23F2N3O3. The summed E-state index contributed by atoms with van der Waals surface area (Å²) in [5.41, 5.74) is 6.23. The van der Waals surface area contributed by atoms with E-state index in [2.05, 4.69) is 0 Å². The average Bonchev–Trinajstić information content (AvgIpc) is 2.69. The van der Waals surface area contributed by atoms with Crippen molar-refractivity contribution in [3.05, 3.63) is 35.4 Å². The van der Waals surface area contributed by atoms with Crippen molar-refractivity contribution >= 4 is 11.8 Å². The van der Waals surface area contributed by atoms with E-state index in [1.165, 1.54) is 11.0 Å². The lowest BCUT2D eigenvalue weighted by atomic mass is 9.91. The third kappa shape index (κ3) is 4.02. The first-order valence-electron chi connectivity index (χ1n) is 8.84. The Balaban J connectivity index is 1.55. The molecule has 1 aromatic rings. The number of piperazine rings is 1. The zero-order valence-electron chi connectivity index (χ0n) is 14.5. The van der Waals surface area contributed by atoms with Gasteiger partial charge in [0.2, 0.25) is 5.91 Å². The minimum atomic E-state index is -1.05. The summed E-state index contributed by atoms with van der Waals surface area (Å²) in [6.45, 7) is 2.69. The van der Waals surface area contributed by atoms with E-state index in [0.29, 0.717) is 39.4 Å². The summed E-state index contributed by atoms with van der Waals surface area (Å²) < 4.78 is 31.6. The lowest BCUT2D eigenvalue weighted by Gasteiger charge is -2.37. The molecule has 2 fully saturated rings. The van der Waals surface area contributed by atoms with Gasteiger partial charge in [-0.3, -0.25) is 9.59 Å². The van der Waals surface area contributed by atoms with E-state index < -0.39 is 17.7 Å². The molecule has 8 heteroatoms. The summed E-state index contributed by atoms with van der Waals surface area (Å²) in [4.78, 5) is 28.2. The summed E-state index contributed by atoms with van der Waals surface area (Å²) in [7, 11) is 0. The molecule has 2 amide bonds. The third-order valence-corrected chi connectivity index (χ3v) is 5.10. The number of ether oxygens (including phenoxy) is 1. The summed E-state index contributed by atoms with van der Waals surface area (Å²) >= 11 is 0. The van der Waals surface area contributed by atoms with Gasteiger partial charge in [-0.2, -0.15) is 0 Å². The van der Waals surface area contributed by atoms with Crippen molar-refractivity contribution in [1.29, 1.82) is 0 Å². The molecule has 3 rings (SSSR count). The molecule has 6 nitrogen and oxygen atoms in total. The number of hydrogen-bond donors (Lipinski definition) is 1. The third-order valence-electron chi connectivity index (χ3n) is 5.10. The molecule has 2 saturated heterocycles. The number of rotatable bonds is 3. The average molecular weight is 367 g/mol.